The summed E-state index contributed by atoms with van der Waals surface area (Å²) in [6, 6.07) is 4.20. The first-order valence-electron chi connectivity index (χ1n) is 6.10. The molecule has 0 fully saturated rings. The molecular formula is C13H14N4OS. The summed E-state index contributed by atoms with van der Waals surface area (Å²) in [5.41, 5.74) is 1.25. The second kappa shape index (κ2) is 4.97. The van der Waals surface area contributed by atoms with Crippen LogP contribution in [0.4, 0.5) is 5.82 Å². The van der Waals surface area contributed by atoms with Gasteiger partial charge in [0.1, 0.15) is 5.82 Å². The van der Waals surface area contributed by atoms with E-state index in [1.165, 1.54) is 4.88 Å². The molecule has 0 radical (unpaired) electrons. The van der Waals surface area contributed by atoms with Gasteiger partial charge in [-0.3, -0.25) is 0 Å². The van der Waals surface area contributed by atoms with Crippen LogP contribution in [0.15, 0.2) is 21.9 Å². The number of aromatic nitrogens is 3. The van der Waals surface area contributed by atoms with Crippen LogP contribution in [-0.4, -0.2) is 21.5 Å². The Balaban J connectivity index is 1.79. The Kier molecular flexibility index (Phi) is 3.16. The molecule has 0 atom stereocenters. The van der Waals surface area contributed by atoms with Crippen molar-refractivity contribution in [2.24, 2.45) is 0 Å². The van der Waals surface area contributed by atoms with Gasteiger partial charge in [0.15, 0.2) is 17.2 Å². The topological polar surface area (TPSA) is 63.8 Å². The van der Waals surface area contributed by atoms with Crippen LogP contribution >= 0.6 is 11.3 Å². The number of hydrogen-bond acceptors (Lipinski definition) is 6. The summed E-state index contributed by atoms with van der Waals surface area (Å²) in [7, 11) is 0. The molecule has 3 aromatic heterocycles. The fourth-order valence-corrected chi connectivity index (χ4v) is 2.62. The van der Waals surface area contributed by atoms with E-state index in [1.54, 1.807) is 11.3 Å². The highest BCUT2D eigenvalue weighted by molar-refractivity contribution is 7.09. The second-order valence-electron chi connectivity index (χ2n) is 4.26. The molecule has 3 heterocycles. The van der Waals surface area contributed by atoms with Gasteiger partial charge in [0.25, 0.3) is 5.71 Å². The predicted octanol–water partition coefficient (Wildman–Crippen LogP) is 2.95. The van der Waals surface area contributed by atoms with Gasteiger partial charge in [-0.25, -0.2) is 9.97 Å². The maximum atomic E-state index is 5.44. The number of oxazole rings is 1. The molecule has 0 unspecified atom stereocenters. The summed E-state index contributed by atoms with van der Waals surface area (Å²) in [6.45, 7) is 4.48. The van der Waals surface area contributed by atoms with E-state index in [-0.39, 0.29) is 0 Å². The van der Waals surface area contributed by atoms with Gasteiger partial charge in [0, 0.05) is 18.3 Å². The number of fused-ring (bicyclic) bond motifs is 1. The Labute approximate surface area is 114 Å². The first-order chi connectivity index (χ1) is 9.22. The highest BCUT2D eigenvalue weighted by atomic mass is 32.1. The molecular weight excluding hydrogens is 260 g/mol. The lowest BCUT2D eigenvalue weighted by molar-refractivity contribution is 0.550. The van der Waals surface area contributed by atoms with Gasteiger partial charge in [0.2, 0.25) is 0 Å². The summed E-state index contributed by atoms with van der Waals surface area (Å²) in [6.07, 6.45) is 0.971. The SMILES string of the molecule is Cc1nc(NCCc2cccs2)c2nc(C)oc2n1. The fraction of sp³-hybridized carbons (Fsp3) is 0.308. The van der Waals surface area contributed by atoms with Crippen LogP contribution in [0.1, 0.15) is 16.6 Å². The third kappa shape index (κ3) is 2.58. The van der Waals surface area contributed by atoms with Crippen molar-refractivity contribution in [1.82, 2.24) is 15.0 Å². The zero-order chi connectivity index (χ0) is 13.2. The normalized spacial score (nSPS) is 11.1. The molecule has 0 aliphatic carbocycles. The Morgan fingerprint density at radius 3 is 2.95 bits per heavy atom. The number of aryl methyl sites for hydroxylation is 2. The lowest BCUT2D eigenvalue weighted by Crippen LogP contribution is -2.07. The van der Waals surface area contributed by atoms with Crippen molar-refractivity contribution in [3.05, 3.63) is 34.1 Å². The average Bonchev–Trinajstić information content (AvgIpc) is 2.97. The van der Waals surface area contributed by atoms with E-state index in [9.17, 15) is 0 Å². The van der Waals surface area contributed by atoms with Gasteiger partial charge in [0.05, 0.1) is 0 Å². The molecule has 98 valence electrons. The Morgan fingerprint density at radius 1 is 1.26 bits per heavy atom. The first-order valence-corrected chi connectivity index (χ1v) is 6.98. The quantitative estimate of drug-likeness (QED) is 0.792. The van der Waals surface area contributed by atoms with Crippen LogP contribution < -0.4 is 5.32 Å². The molecule has 0 saturated carbocycles. The van der Waals surface area contributed by atoms with Crippen LogP contribution in [0.3, 0.4) is 0 Å². The van der Waals surface area contributed by atoms with E-state index in [0.29, 0.717) is 22.9 Å². The lowest BCUT2D eigenvalue weighted by atomic mass is 10.3. The second-order valence-corrected chi connectivity index (χ2v) is 5.29. The zero-order valence-electron chi connectivity index (χ0n) is 10.8. The van der Waals surface area contributed by atoms with Gasteiger partial charge in [-0.1, -0.05) is 6.07 Å². The van der Waals surface area contributed by atoms with E-state index in [2.05, 4.69) is 37.8 Å². The minimum absolute atomic E-state index is 0.545. The molecule has 0 bridgehead atoms. The Bertz CT molecular complexity index is 690. The maximum absolute atomic E-state index is 5.44. The van der Waals surface area contributed by atoms with E-state index in [1.807, 2.05) is 13.8 Å². The third-order valence-electron chi connectivity index (χ3n) is 2.72. The van der Waals surface area contributed by atoms with E-state index in [4.69, 9.17) is 4.42 Å². The van der Waals surface area contributed by atoms with E-state index in [0.717, 1.165) is 18.8 Å². The van der Waals surface area contributed by atoms with Crippen LogP contribution in [0.25, 0.3) is 11.2 Å². The van der Waals surface area contributed by atoms with Gasteiger partial charge in [-0.15, -0.1) is 11.3 Å². The number of thiophene rings is 1. The van der Waals surface area contributed by atoms with Gasteiger partial charge in [-0.2, -0.15) is 4.98 Å². The average molecular weight is 274 g/mol. The molecule has 19 heavy (non-hydrogen) atoms. The lowest BCUT2D eigenvalue weighted by Gasteiger charge is -2.05. The molecule has 0 amide bonds. The van der Waals surface area contributed by atoms with Crippen LogP contribution in [0, 0.1) is 13.8 Å². The number of nitrogens with zero attached hydrogens (tertiary/aromatic N) is 3. The first kappa shape index (κ1) is 12.1. The Morgan fingerprint density at radius 2 is 2.16 bits per heavy atom. The summed E-state index contributed by atoms with van der Waals surface area (Å²) in [4.78, 5) is 14.3. The van der Waals surface area contributed by atoms with Crippen molar-refractivity contribution < 1.29 is 4.42 Å². The molecule has 0 aromatic carbocycles. The van der Waals surface area contributed by atoms with Crippen molar-refractivity contribution in [3.63, 3.8) is 0 Å². The van der Waals surface area contributed by atoms with Crippen LogP contribution in [0.2, 0.25) is 0 Å². The minimum atomic E-state index is 0.545. The predicted molar refractivity (Wildman–Crippen MR) is 75.6 cm³/mol. The van der Waals surface area contributed by atoms with E-state index < -0.39 is 0 Å². The monoisotopic (exact) mass is 274 g/mol. The third-order valence-corrected chi connectivity index (χ3v) is 3.66. The van der Waals surface area contributed by atoms with Crippen molar-refractivity contribution in [1.29, 1.82) is 0 Å². The van der Waals surface area contributed by atoms with Gasteiger partial charge >= 0.3 is 0 Å². The molecule has 3 aromatic rings. The summed E-state index contributed by atoms with van der Waals surface area (Å²) in [5, 5.41) is 5.40. The molecule has 0 saturated heterocycles. The molecule has 0 aliphatic heterocycles. The van der Waals surface area contributed by atoms with Crippen LogP contribution in [0.5, 0.6) is 0 Å². The van der Waals surface area contributed by atoms with Gasteiger partial charge < -0.3 is 9.73 Å². The summed E-state index contributed by atoms with van der Waals surface area (Å²) < 4.78 is 5.44. The smallest absolute Gasteiger partial charge is 0.252 e. The zero-order valence-corrected chi connectivity index (χ0v) is 11.6. The molecule has 6 heteroatoms. The highest BCUT2D eigenvalue weighted by Crippen LogP contribution is 2.20. The van der Waals surface area contributed by atoms with Crippen molar-refractivity contribution in [3.8, 4) is 0 Å². The summed E-state index contributed by atoms with van der Waals surface area (Å²) in [5.74, 6) is 2.04. The number of hydrogen-bond donors (Lipinski definition) is 1. The number of rotatable bonds is 4. The van der Waals surface area contributed by atoms with E-state index >= 15 is 0 Å². The standard InChI is InChI=1S/C13H14N4OS/c1-8-15-12(11-13(16-8)18-9(2)17-11)14-6-5-10-4-3-7-19-10/h3-4,7H,5-6H2,1-2H3,(H,14,15,16). The molecule has 0 aliphatic rings. The highest BCUT2D eigenvalue weighted by Gasteiger charge is 2.11. The largest absolute Gasteiger partial charge is 0.422 e. The molecule has 3 rings (SSSR count). The minimum Gasteiger partial charge on any atom is -0.422 e. The van der Waals surface area contributed by atoms with Crippen molar-refractivity contribution in [2.75, 3.05) is 11.9 Å². The maximum Gasteiger partial charge on any atom is 0.252 e. The Hall–Kier alpha value is -1.95. The summed E-state index contributed by atoms with van der Waals surface area (Å²) >= 11 is 1.76. The number of anilines is 1. The molecule has 1 N–H and O–H groups in total. The molecule has 0 spiro atoms. The molecule has 5 nitrogen and oxygen atoms in total. The fourth-order valence-electron chi connectivity index (χ4n) is 1.92. The number of nitrogens with one attached hydrogen (secondary N) is 1. The van der Waals surface area contributed by atoms with Crippen LogP contribution in [-0.2, 0) is 6.42 Å². The van der Waals surface area contributed by atoms with Gasteiger partial charge in [-0.05, 0) is 24.8 Å². The van der Waals surface area contributed by atoms with Crippen molar-refractivity contribution in [2.45, 2.75) is 20.3 Å². The van der Waals surface area contributed by atoms with Crippen molar-refractivity contribution >= 4 is 28.4 Å².